The van der Waals surface area contributed by atoms with Crippen LogP contribution in [0, 0.1) is 5.92 Å². The van der Waals surface area contributed by atoms with E-state index in [0.717, 1.165) is 24.2 Å². The number of rotatable bonds is 5. The van der Waals surface area contributed by atoms with Crippen LogP contribution in [-0.4, -0.2) is 34.8 Å². The molecule has 1 saturated carbocycles. The fourth-order valence-corrected chi connectivity index (χ4v) is 4.27. The monoisotopic (exact) mass is 411 g/mol. The molecule has 1 heterocycles. The lowest BCUT2D eigenvalue weighted by Crippen LogP contribution is -2.50. The van der Waals surface area contributed by atoms with E-state index < -0.39 is 17.5 Å². The molecule has 6 nitrogen and oxygen atoms in total. The van der Waals surface area contributed by atoms with Crippen LogP contribution in [0.15, 0.2) is 18.2 Å². The second kappa shape index (κ2) is 8.07. The van der Waals surface area contributed by atoms with Gasteiger partial charge in [-0.1, -0.05) is 42.6 Å². The van der Waals surface area contributed by atoms with Crippen LogP contribution in [-0.2, 0) is 16.1 Å². The van der Waals surface area contributed by atoms with Crippen molar-refractivity contribution in [2.45, 2.75) is 51.1 Å². The van der Waals surface area contributed by atoms with Crippen LogP contribution in [0.4, 0.5) is 4.79 Å². The standard InChI is InChI=1S/C19H23Cl2N3O3/c1-2-12-5-7-19(8-6-12)17(26)24(18(27)23-19)11-16(25)22-10-13-3-4-14(20)9-15(13)21/h3-4,9,12H,2,5-8,10-11H2,1H3,(H,22,25)(H,23,27). The van der Waals surface area contributed by atoms with Crippen molar-refractivity contribution in [3.8, 4) is 0 Å². The summed E-state index contributed by atoms with van der Waals surface area (Å²) in [5, 5.41) is 6.48. The summed E-state index contributed by atoms with van der Waals surface area (Å²) in [6.45, 7) is 2.04. The number of hydrogen-bond acceptors (Lipinski definition) is 3. The summed E-state index contributed by atoms with van der Waals surface area (Å²) in [6, 6.07) is 4.51. The highest BCUT2D eigenvalue weighted by molar-refractivity contribution is 6.35. The van der Waals surface area contributed by atoms with Gasteiger partial charge in [-0.2, -0.15) is 0 Å². The Bertz CT molecular complexity index is 761. The Morgan fingerprint density at radius 1 is 1.30 bits per heavy atom. The second-order valence-corrected chi connectivity index (χ2v) is 8.11. The highest BCUT2D eigenvalue weighted by Crippen LogP contribution is 2.37. The van der Waals surface area contributed by atoms with Gasteiger partial charge in [-0.3, -0.25) is 14.5 Å². The first-order valence-electron chi connectivity index (χ1n) is 9.19. The van der Waals surface area contributed by atoms with Gasteiger partial charge < -0.3 is 10.6 Å². The third-order valence-corrected chi connectivity index (χ3v) is 6.16. The van der Waals surface area contributed by atoms with Gasteiger partial charge in [0.05, 0.1) is 0 Å². The van der Waals surface area contributed by atoms with E-state index >= 15 is 0 Å². The normalized spacial score (nSPS) is 25.0. The molecule has 0 bridgehead atoms. The number of nitrogens with zero attached hydrogens (tertiary/aromatic N) is 1. The molecule has 1 aromatic carbocycles. The molecule has 0 radical (unpaired) electrons. The summed E-state index contributed by atoms with van der Waals surface area (Å²) in [5.41, 5.74) is -0.122. The molecule has 1 saturated heterocycles. The maximum absolute atomic E-state index is 12.8. The Kier molecular flexibility index (Phi) is 5.96. The van der Waals surface area contributed by atoms with Crippen molar-refractivity contribution < 1.29 is 14.4 Å². The molecule has 2 aliphatic rings. The largest absolute Gasteiger partial charge is 0.350 e. The van der Waals surface area contributed by atoms with Crippen LogP contribution < -0.4 is 10.6 Å². The minimum absolute atomic E-state index is 0.196. The van der Waals surface area contributed by atoms with E-state index in [2.05, 4.69) is 17.6 Å². The van der Waals surface area contributed by atoms with E-state index in [-0.39, 0.29) is 19.0 Å². The van der Waals surface area contributed by atoms with Crippen molar-refractivity contribution in [3.05, 3.63) is 33.8 Å². The van der Waals surface area contributed by atoms with Crippen molar-refractivity contribution >= 4 is 41.0 Å². The Morgan fingerprint density at radius 2 is 2.00 bits per heavy atom. The Balaban J connectivity index is 1.58. The van der Waals surface area contributed by atoms with Crippen LogP contribution >= 0.6 is 23.2 Å². The quantitative estimate of drug-likeness (QED) is 0.727. The molecule has 146 valence electrons. The number of imide groups is 1. The summed E-state index contributed by atoms with van der Waals surface area (Å²) in [6.07, 6.45) is 4.18. The molecule has 0 aromatic heterocycles. The van der Waals surface area contributed by atoms with Gasteiger partial charge in [-0.15, -0.1) is 0 Å². The lowest BCUT2D eigenvalue weighted by atomic mass is 9.75. The first-order chi connectivity index (χ1) is 12.8. The van der Waals surface area contributed by atoms with Gasteiger partial charge in [-0.05, 0) is 49.3 Å². The molecule has 27 heavy (non-hydrogen) atoms. The van der Waals surface area contributed by atoms with Crippen molar-refractivity contribution in [1.82, 2.24) is 15.5 Å². The zero-order valence-corrected chi connectivity index (χ0v) is 16.7. The number of carbonyl (C=O) groups is 3. The van der Waals surface area contributed by atoms with E-state index in [0.29, 0.717) is 34.4 Å². The predicted molar refractivity (Wildman–Crippen MR) is 104 cm³/mol. The summed E-state index contributed by atoms with van der Waals surface area (Å²) < 4.78 is 0. The van der Waals surface area contributed by atoms with Gasteiger partial charge in [0.1, 0.15) is 12.1 Å². The second-order valence-electron chi connectivity index (χ2n) is 7.27. The minimum Gasteiger partial charge on any atom is -0.350 e. The number of hydrogen-bond donors (Lipinski definition) is 2. The van der Waals surface area contributed by atoms with Crippen LogP contribution in [0.1, 0.15) is 44.6 Å². The van der Waals surface area contributed by atoms with E-state index in [1.54, 1.807) is 18.2 Å². The van der Waals surface area contributed by atoms with Crippen molar-refractivity contribution in [3.63, 3.8) is 0 Å². The Morgan fingerprint density at radius 3 is 2.63 bits per heavy atom. The summed E-state index contributed by atoms with van der Waals surface area (Å²) >= 11 is 11.9. The average molecular weight is 412 g/mol. The van der Waals surface area contributed by atoms with Crippen molar-refractivity contribution in [2.75, 3.05) is 6.54 Å². The third kappa shape index (κ3) is 4.22. The maximum Gasteiger partial charge on any atom is 0.325 e. The van der Waals surface area contributed by atoms with Gasteiger partial charge in [-0.25, -0.2) is 4.79 Å². The zero-order valence-electron chi connectivity index (χ0n) is 15.2. The fourth-order valence-electron chi connectivity index (χ4n) is 3.80. The topological polar surface area (TPSA) is 78.5 Å². The number of amides is 4. The predicted octanol–water partition coefficient (Wildman–Crippen LogP) is 3.50. The van der Waals surface area contributed by atoms with Crippen molar-refractivity contribution in [2.24, 2.45) is 5.92 Å². The smallest absolute Gasteiger partial charge is 0.325 e. The third-order valence-electron chi connectivity index (χ3n) is 5.57. The zero-order chi connectivity index (χ0) is 19.6. The first kappa shape index (κ1) is 20.0. The molecule has 4 amide bonds. The number of nitrogens with one attached hydrogen (secondary N) is 2. The lowest BCUT2D eigenvalue weighted by molar-refractivity contribution is -0.136. The SMILES string of the molecule is CCC1CCC2(CC1)NC(=O)N(CC(=O)NCc1ccc(Cl)cc1Cl)C2=O. The summed E-state index contributed by atoms with van der Waals surface area (Å²) in [5.74, 6) is -0.104. The van der Waals surface area contributed by atoms with E-state index in [1.165, 1.54) is 0 Å². The summed E-state index contributed by atoms with van der Waals surface area (Å²) in [7, 11) is 0. The highest BCUT2D eigenvalue weighted by atomic mass is 35.5. The van der Waals surface area contributed by atoms with Gasteiger partial charge in [0.15, 0.2) is 0 Å². The average Bonchev–Trinajstić information content (AvgIpc) is 2.86. The number of urea groups is 1. The van der Waals surface area contributed by atoms with Crippen LogP contribution in [0.5, 0.6) is 0 Å². The number of carbonyl (C=O) groups excluding carboxylic acids is 3. The van der Waals surface area contributed by atoms with Gasteiger partial charge >= 0.3 is 6.03 Å². The molecule has 8 heteroatoms. The minimum atomic E-state index is -0.831. The van der Waals surface area contributed by atoms with Gasteiger partial charge in [0, 0.05) is 16.6 Å². The fraction of sp³-hybridized carbons (Fsp3) is 0.526. The van der Waals surface area contributed by atoms with Crippen LogP contribution in [0.2, 0.25) is 10.0 Å². The highest BCUT2D eigenvalue weighted by Gasteiger charge is 2.52. The molecule has 1 aliphatic carbocycles. The van der Waals surface area contributed by atoms with Crippen LogP contribution in [0.25, 0.3) is 0 Å². The molecular formula is C19H23Cl2N3O3. The molecule has 0 atom stereocenters. The lowest BCUT2D eigenvalue weighted by Gasteiger charge is -2.34. The van der Waals surface area contributed by atoms with E-state index in [1.807, 2.05) is 0 Å². The molecule has 2 fully saturated rings. The Hall–Kier alpha value is -1.79. The molecule has 2 N–H and O–H groups in total. The number of halogens is 2. The van der Waals surface area contributed by atoms with E-state index in [9.17, 15) is 14.4 Å². The van der Waals surface area contributed by atoms with Crippen molar-refractivity contribution in [1.29, 1.82) is 0 Å². The number of benzene rings is 1. The maximum atomic E-state index is 12.8. The van der Waals surface area contributed by atoms with E-state index in [4.69, 9.17) is 23.2 Å². The first-order valence-corrected chi connectivity index (χ1v) is 9.95. The molecular weight excluding hydrogens is 389 g/mol. The van der Waals surface area contributed by atoms with Crippen LogP contribution in [0.3, 0.4) is 0 Å². The molecule has 1 aromatic rings. The van der Waals surface area contributed by atoms with Gasteiger partial charge in [0.25, 0.3) is 5.91 Å². The molecule has 1 aliphatic heterocycles. The van der Waals surface area contributed by atoms with Gasteiger partial charge in [0.2, 0.25) is 5.91 Å². The Labute approximate surface area is 168 Å². The summed E-state index contributed by atoms with van der Waals surface area (Å²) in [4.78, 5) is 38.4. The molecule has 3 rings (SSSR count). The molecule has 0 unspecified atom stereocenters. The molecule has 1 spiro atoms.